The third-order valence-corrected chi connectivity index (χ3v) is 5.69. The molecule has 1 aliphatic heterocycles. The second kappa shape index (κ2) is 10.0. The molecular formula is C24H30FNO4. The fraction of sp³-hybridized carbons (Fsp3) is 0.458. The summed E-state index contributed by atoms with van der Waals surface area (Å²) in [5.74, 6) is 0.362. The summed E-state index contributed by atoms with van der Waals surface area (Å²) in [7, 11) is 3.20. The average molecular weight is 416 g/mol. The maximum Gasteiger partial charge on any atom is 0.227 e. The van der Waals surface area contributed by atoms with Crippen molar-refractivity contribution in [1.82, 2.24) is 5.32 Å². The van der Waals surface area contributed by atoms with Crippen LogP contribution in [0.25, 0.3) is 11.1 Å². The van der Waals surface area contributed by atoms with Gasteiger partial charge in [0.15, 0.2) is 0 Å². The molecule has 2 aromatic carbocycles. The number of ether oxygens (including phenoxy) is 3. The number of carbonyl (C=O) groups is 1. The maximum atomic E-state index is 13.7. The van der Waals surface area contributed by atoms with Crippen molar-refractivity contribution < 1.29 is 23.4 Å². The number of rotatable bonds is 8. The van der Waals surface area contributed by atoms with Crippen LogP contribution in [0, 0.1) is 11.2 Å². The van der Waals surface area contributed by atoms with Crippen LogP contribution in [0.2, 0.25) is 0 Å². The van der Waals surface area contributed by atoms with Gasteiger partial charge >= 0.3 is 0 Å². The van der Waals surface area contributed by atoms with E-state index in [-0.39, 0.29) is 17.8 Å². The standard InChI is InChI=1S/C24H30FNO4/c1-17(16-28-2)26-23(27)24(10-12-30-13-11-24)15-18-4-6-19(7-5-18)21-14-20(25)8-9-22(21)29-3/h4-9,14,17H,10-13,15-16H2,1-3H3,(H,26,27)/t17-/m1/s1. The number of amides is 1. The molecular weight excluding hydrogens is 385 g/mol. The van der Waals surface area contributed by atoms with E-state index in [2.05, 4.69) is 5.32 Å². The smallest absolute Gasteiger partial charge is 0.227 e. The van der Waals surface area contributed by atoms with Gasteiger partial charge in [-0.2, -0.15) is 0 Å². The first-order valence-corrected chi connectivity index (χ1v) is 10.3. The maximum absolute atomic E-state index is 13.7. The summed E-state index contributed by atoms with van der Waals surface area (Å²) in [4.78, 5) is 13.1. The van der Waals surface area contributed by atoms with Crippen LogP contribution in [-0.2, 0) is 20.7 Å². The van der Waals surface area contributed by atoms with Crippen molar-refractivity contribution in [2.75, 3.05) is 34.0 Å². The van der Waals surface area contributed by atoms with Gasteiger partial charge in [0.1, 0.15) is 11.6 Å². The lowest BCUT2D eigenvalue weighted by molar-refractivity contribution is -0.137. The molecule has 0 saturated carbocycles. The molecule has 2 aromatic rings. The fourth-order valence-corrected chi connectivity index (χ4v) is 4.01. The van der Waals surface area contributed by atoms with E-state index in [0.717, 1.165) is 11.1 Å². The van der Waals surface area contributed by atoms with Crippen LogP contribution >= 0.6 is 0 Å². The SMILES string of the molecule is COC[C@@H](C)NC(=O)C1(Cc2ccc(-c3cc(F)ccc3OC)cc2)CCOCC1. The molecule has 0 spiro atoms. The minimum atomic E-state index is -0.502. The molecule has 0 unspecified atom stereocenters. The van der Waals surface area contributed by atoms with Gasteiger partial charge in [0.2, 0.25) is 5.91 Å². The second-order valence-electron chi connectivity index (χ2n) is 7.94. The zero-order valence-electron chi connectivity index (χ0n) is 17.9. The zero-order chi connectivity index (χ0) is 21.6. The van der Waals surface area contributed by atoms with E-state index in [1.54, 1.807) is 20.3 Å². The van der Waals surface area contributed by atoms with Crippen LogP contribution in [0.15, 0.2) is 42.5 Å². The van der Waals surface area contributed by atoms with E-state index in [0.29, 0.717) is 50.4 Å². The fourth-order valence-electron chi connectivity index (χ4n) is 4.01. The molecule has 1 saturated heterocycles. The lowest BCUT2D eigenvalue weighted by Crippen LogP contribution is -2.49. The molecule has 0 bridgehead atoms. The summed E-state index contributed by atoms with van der Waals surface area (Å²) >= 11 is 0. The molecule has 1 heterocycles. The monoisotopic (exact) mass is 415 g/mol. The molecule has 0 radical (unpaired) electrons. The van der Waals surface area contributed by atoms with Crippen molar-refractivity contribution >= 4 is 5.91 Å². The van der Waals surface area contributed by atoms with Crippen molar-refractivity contribution in [1.29, 1.82) is 0 Å². The van der Waals surface area contributed by atoms with Gasteiger partial charge in [0.05, 0.1) is 19.1 Å². The predicted molar refractivity (Wildman–Crippen MR) is 114 cm³/mol. The molecule has 1 fully saturated rings. The van der Waals surface area contributed by atoms with Gasteiger partial charge in [-0.3, -0.25) is 4.79 Å². The van der Waals surface area contributed by atoms with Gasteiger partial charge < -0.3 is 19.5 Å². The Bertz CT molecular complexity index is 847. The van der Waals surface area contributed by atoms with Gasteiger partial charge in [0.25, 0.3) is 0 Å². The molecule has 1 N–H and O–H groups in total. The molecule has 1 amide bonds. The Kier molecular flexibility index (Phi) is 7.45. The minimum absolute atomic E-state index is 0.0474. The van der Waals surface area contributed by atoms with Crippen molar-refractivity contribution in [2.45, 2.75) is 32.2 Å². The van der Waals surface area contributed by atoms with E-state index in [1.165, 1.54) is 12.1 Å². The number of halogens is 1. The molecule has 30 heavy (non-hydrogen) atoms. The van der Waals surface area contributed by atoms with Gasteiger partial charge in [-0.05, 0) is 55.5 Å². The molecule has 0 aliphatic carbocycles. The third kappa shape index (κ3) is 5.18. The van der Waals surface area contributed by atoms with E-state index in [4.69, 9.17) is 14.2 Å². The molecule has 162 valence electrons. The van der Waals surface area contributed by atoms with E-state index in [1.807, 2.05) is 31.2 Å². The topological polar surface area (TPSA) is 56.8 Å². The number of hydrogen-bond donors (Lipinski definition) is 1. The summed E-state index contributed by atoms with van der Waals surface area (Å²) in [5.41, 5.74) is 2.13. The Morgan fingerprint density at radius 1 is 1.17 bits per heavy atom. The zero-order valence-corrected chi connectivity index (χ0v) is 17.9. The van der Waals surface area contributed by atoms with Gasteiger partial charge in [-0.25, -0.2) is 4.39 Å². The summed E-state index contributed by atoms with van der Waals surface area (Å²) < 4.78 is 29.8. The number of benzene rings is 2. The first kappa shape index (κ1) is 22.2. The quantitative estimate of drug-likeness (QED) is 0.708. The first-order valence-electron chi connectivity index (χ1n) is 10.3. The Hall–Kier alpha value is -2.44. The molecule has 1 aliphatic rings. The van der Waals surface area contributed by atoms with Crippen LogP contribution in [0.3, 0.4) is 0 Å². The van der Waals surface area contributed by atoms with E-state index in [9.17, 15) is 9.18 Å². The lowest BCUT2D eigenvalue weighted by atomic mass is 9.74. The van der Waals surface area contributed by atoms with Crippen LogP contribution in [0.4, 0.5) is 4.39 Å². The largest absolute Gasteiger partial charge is 0.496 e. The van der Waals surface area contributed by atoms with Crippen LogP contribution in [-0.4, -0.2) is 46.0 Å². The normalized spacial score (nSPS) is 16.7. The number of nitrogens with one attached hydrogen (secondary N) is 1. The highest BCUT2D eigenvalue weighted by Gasteiger charge is 2.40. The highest BCUT2D eigenvalue weighted by Crippen LogP contribution is 2.36. The number of carbonyl (C=O) groups excluding carboxylic acids is 1. The summed E-state index contributed by atoms with van der Waals surface area (Å²) in [6, 6.07) is 12.3. The van der Waals surface area contributed by atoms with Gasteiger partial charge in [-0.15, -0.1) is 0 Å². The highest BCUT2D eigenvalue weighted by molar-refractivity contribution is 5.83. The van der Waals surface area contributed by atoms with Crippen molar-refractivity contribution in [3.8, 4) is 16.9 Å². The third-order valence-electron chi connectivity index (χ3n) is 5.69. The summed E-state index contributed by atoms with van der Waals surface area (Å²) in [6.45, 7) is 3.56. The Morgan fingerprint density at radius 3 is 2.50 bits per heavy atom. The van der Waals surface area contributed by atoms with Crippen molar-refractivity contribution in [2.24, 2.45) is 5.41 Å². The van der Waals surface area contributed by atoms with Crippen LogP contribution in [0.5, 0.6) is 5.75 Å². The molecule has 6 heteroatoms. The lowest BCUT2D eigenvalue weighted by Gasteiger charge is -2.37. The molecule has 1 atom stereocenters. The van der Waals surface area contributed by atoms with Crippen molar-refractivity contribution in [3.63, 3.8) is 0 Å². The molecule has 3 rings (SSSR count). The number of methoxy groups -OCH3 is 2. The number of hydrogen-bond acceptors (Lipinski definition) is 4. The Morgan fingerprint density at radius 2 is 1.87 bits per heavy atom. The van der Waals surface area contributed by atoms with Gasteiger partial charge in [-0.1, -0.05) is 24.3 Å². The summed E-state index contributed by atoms with van der Waals surface area (Å²) in [5, 5.41) is 3.09. The highest BCUT2D eigenvalue weighted by atomic mass is 19.1. The van der Waals surface area contributed by atoms with Gasteiger partial charge in [0, 0.05) is 31.9 Å². The molecule has 5 nitrogen and oxygen atoms in total. The van der Waals surface area contributed by atoms with E-state index >= 15 is 0 Å². The van der Waals surface area contributed by atoms with Crippen molar-refractivity contribution in [3.05, 3.63) is 53.8 Å². The molecule has 0 aromatic heterocycles. The first-order chi connectivity index (χ1) is 14.5. The Labute approximate surface area is 177 Å². The second-order valence-corrected chi connectivity index (χ2v) is 7.94. The minimum Gasteiger partial charge on any atom is -0.496 e. The van der Waals surface area contributed by atoms with E-state index < -0.39 is 5.41 Å². The Balaban J connectivity index is 1.80. The van der Waals surface area contributed by atoms with Crippen LogP contribution < -0.4 is 10.1 Å². The predicted octanol–water partition coefficient (Wildman–Crippen LogP) is 3.99. The average Bonchev–Trinajstić information content (AvgIpc) is 2.75. The van der Waals surface area contributed by atoms with Crippen LogP contribution in [0.1, 0.15) is 25.3 Å². The summed E-state index contributed by atoms with van der Waals surface area (Å²) in [6.07, 6.45) is 1.98.